The van der Waals surface area contributed by atoms with Crippen molar-refractivity contribution in [2.45, 2.75) is 58.4 Å². The van der Waals surface area contributed by atoms with Crippen molar-refractivity contribution in [2.75, 3.05) is 11.9 Å². The minimum Gasteiger partial charge on any atom is -0.423 e. The number of piperidine rings is 1. The number of hydrogen-bond donors (Lipinski definition) is 1. The molecule has 1 aromatic carbocycles. The van der Waals surface area contributed by atoms with E-state index in [1.165, 1.54) is 6.07 Å². The van der Waals surface area contributed by atoms with Crippen molar-refractivity contribution in [1.29, 1.82) is 0 Å². The first kappa shape index (κ1) is 18.7. The summed E-state index contributed by atoms with van der Waals surface area (Å²) in [6, 6.07) is 5.41. The van der Waals surface area contributed by atoms with Gasteiger partial charge in [0.1, 0.15) is 5.58 Å². The molecule has 2 fully saturated rings. The smallest absolute Gasteiger partial charge is 0.336 e. The van der Waals surface area contributed by atoms with Crippen molar-refractivity contribution < 1.29 is 14.0 Å². The summed E-state index contributed by atoms with van der Waals surface area (Å²) in [7, 11) is 0. The van der Waals surface area contributed by atoms with E-state index in [0.717, 1.165) is 47.9 Å². The SMILES string of the molecule is Cc1cc2oc(=O)cc(C)c2cc1NC(=O)C1CCC(=O)N(C2CCCC2)C1. The Labute approximate surface area is 163 Å². The van der Waals surface area contributed by atoms with Crippen molar-refractivity contribution >= 4 is 28.5 Å². The third-order valence-electron chi connectivity index (χ3n) is 6.13. The van der Waals surface area contributed by atoms with Gasteiger partial charge in [-0.15, -0.1) is 0 Å². The fourth-order valence-corrected chi connectivity index (χ4v) is 4.49. The maximum absolute atomic E-state index is 12.9. The molecule has 2 heterocycles. The van der Waals surface area contributed by atoms with Crippen LogP contribution in [-0.4, -0.2) is 29.3 Å². The van der Waals surface area contributed by atoms with E-state index in [4.69, 9.17) is 4.42 Å². The number of rotatable bonds is 3. The quantitative estimate of drug-likeness (QED) is 0.824. The summed E-state index contributed by atoms with van der Waals surface area (Å²) in [5, 5.41) is 3.86. The zero-order chi connectivity index (χ0) is 19.8. The molecule has 1 saturated heterocycles. The lowest BCUT2D eigenvalue weighted by molar-refractivity contribution is -0.139. The molecule has 28 heavy (non-hydrogen) atoms. The van der Waals surface area contributed by atoms with Crippen molar-refractivity contribution in [3.8, 4) is 0 Å². The number of anilines is 1. The molecule has 1 unspecified atom stereocenters. The van der Waals surface area contributed by atoms with Crippen molar-refractivity contribution in [1.82, 2.24) is 4.90 Å². The Morgan fingerprint density at radius 3 is 2.57 bits per heavy atom. The molecular weight excluding hydrogens is 356 g/mol. The van der Waals surface area contributed by atoms with Gasteiger partial charge in [0.05, 0.1) is 5.92 Å². The van der Waals surface area contributed by atoms with Crippen LogP contribution in [0.15, 0.2) is 27.4 Å². The number of nitrogens with zero attached hydrogens (tertiary/aromatic N) is 1. The van der Waals surface area contributed by atoms with Gasteiger partial charge in [-0.2, -0.15) is 0 Å². The minimum atomic E-state index is -0.375. The molecule has 1 N–H and O–H groups in total. The number of aryl methyl sites for hydroxylation is 2. The molecular formula is C22H26N2O4. The summed E-state index contributed by atoms with van der Waals surface area (Å²) in [5.41, 5.74) is 2.53. The predicted octanol–water partition coefficient (Wildman–Crippen LogP) is 3.53. The van der Waals surface area contributed by atoms with Crippen LogP contribution in [0.5, 0.6) is 0 Å². The third-order valence-corrected chi connectivity index (χ3v) is 6.13. The molecule has 2 amide bonds. The Morgan fingerprint density at radius 2 is 1.82 bits per heavy atom. The Kier molecular flexibility index (Phi) is 4.96. The molecule has 1 aromatic heterocycles. The number of likely N-dealkylation sites (tertiary alicyclic amines) is 1. The molecule has 0 radical (unpaired) electrons. The molecule has 2 aliphatic rings. The molecule has 0 bridgehead atoms. The highest BCUT2D eigenvalue weighted by Gasteiger charge is 2.35. The number of benzene rings is 1. The summed E-state index contributed by atoms with van der Waals surface area (Å²) in [6.07, 6.45) is 5.46. The Balaban J connectivity index is 1.53. The monoisotopic (exact) mass is 382 g/mol. The Morgan fingerprint density at radius 1 is 1.07 bits per heavy atom. The van der Waals surface area contributed by atoms with Gasteiger partial charge in [-0.1, -0.05) is 12.8 Å². The first-order valence-corrected chi connectivity index (χ1v) is 10.1. The second-order valence-corrected chi connectivity index (χ2v) is 8.12. The van der Waals surface area contributed by atoms with Crippen LogP contribution in [0.2, 0.25) is 0 Å². The van der Waals surface area contributed by atoms with Crippen LogP contribution in [0.4, 0.5) is 5.69 Å². The van der Waals surface area contributed by atoms with E-state index in [2.05, 4.69) is 5.32 Å². The highest BCUT2D eigenvalue weighted by atomic mass is 16.4. The summed E-state index contributed by atoms with van der Waals surface area (Å²) in [6.45, 7) is 4.24. The van der Waals surface area contributed by atoms with Crippen LogP contribution >= 0.6 is 0 Å². The maximum Gasteiger partial charge on any atom is 0.336 e. The lowest BCUT2D eigenvalue weighted by Crippen LogP contribution is -2.48. The second kappa shape index (κ2) is 7.41. The van der Waals surface area contributed by atoms with Crippen molar-refractivity contribution in [2.24, 2.45) is 5.92 Å². The fourth-order valence-electron chi connectivity index (χ4n) is 4.49. The largest absolute Gasteiger partial charge is 0.423 e. The minimum absolute atomic E-state index is 0.0482. The number of fused-ring (bicyclic) bond motifs is 1. The van der Waals surface area contributed by atoms with Crippen LogP contribution < -0.4 is 10.9 Å². The molecule has 4 rings (SSSR count). The van der Waals surface area contributed by atoms with Gasteiger partial charge in [-0.3, -0.25) is 9.59 Å². The third kappa shape index (κ3) is 3.55. The molecule has 6 heteroatoms. The highest BCUT2D eigenvalue weighted by Crippen LogP contribution is 2.30. The second-order valence-electron chi connectivity index (χ2n) is 8.12. The van der Waals surface area contributed by atoms with Gasteiger partial charge in [0, 0.05) is 36.1 Å². The molecule has 1 saturated carbocycles. The van der Waals surface area contributed by atoms with Crippen LogP contribution in [0, 0.1) is 19.8 Å². The van der Waals surface area contributed by atoms with Gasteiger partial charge in [-0.05, 0) is 56.4 Å². The summed E-state index contributed by atoms with van der Waals surface area (Å²) < 4.78 is 5.27. The fraction of sp³-hybridized carbons (Fsp3) is 0.500. The lowest BCUT2D eigenvalue weighted by atomic mass is 9.94. The van der Waals surface area contributed by atoms with Crippen LogP contribution in [0.1, 0.15) is 49.7 Å². The van der Waals surface area contributed by atoms with E-state index in [-0.39, 0.29) is 23.4 Å². The van der Waals surface area contributed by atoms with Gasteiger partial charge in [-0.25, -0.2) is 4.79 Å². The van der Waals surface area contributed by atoms with Gasteiger partial charge in [0.25, 0.3) is 0 Å². The van der Waals surface area contributed by atoms with E-state index < -0.39 is 0 Å². The lowest BCUT2D eigenvalue weighted by Gasteiger charge is -2.36. The number of carbonyl (C=O) groups is 2. The zero-order valence-electron chi connectivity index (χ0n) is 16.4. The number of carbonyl (C=O) groups excluding carboxylic acids is 2. The number of nitrogens with one attached hydrogen (secondary N) is 1. The normalized spacial score (nSPS) is 20.7. The van der Waals surface area contributed by atoms with Crippen LogP contribution in [0.3, 0.4) is 0 Å². The first-order chi connectivity index (χ1) is 13.4. The summed E-state index contributed by atoms with van der Waals surface area (Å²) >= 11 is 0. The number of hydrogen-bond acceptors (Lipinski definition) is 4. The van der Waals surface area contributed by atoms with Gasteiger partial charge < -0.3 is 14.6 Å². The van der Waals surface area contributed by atoms with Gasteiger partial charge in [0.15, 0.2) is 0 Å². The van der Waals surface area contributed by atoms with Gasteiger partial charge >= 0.3 is 5.63 Å². The van der Waals surface area contributed by atoms with Crippen LogP contribution in [0.25, 0.3) is 11.0 Å². The zero-order valence-corrected chi connectivity index (χ0v) is 16.4. The molecule has 148 valence electrons. The van der Waals surface area contributed by atoms with E-state index >= 15 is 0 Å². The summed E-state index contributed by atoms with van der Waals surface area (Å²) in [5.74, 6) is -0.0559. The average Bonchev–Trinajstić information content (AvgIpc) is 3.17. The van der Waals surface area contributed by atoms with Gasteiger partial charge in [0.2, 0.25) is 11.8 Å². The van der Waals surface area contributed by atoms with E-state index in [1.807, 2.05) is 24.8 Å². The van der Waals surface area contributed by atoms with E-state index in [0.29, 0.717) is 31.0 Å². The standard InChI is InChI=1S/C22H26N2O4/c1-13-10-21(26)28-19-9-14(2)18(11-17(13)19)23-22(27)15-7-8-20(25)24(12-15)16-5-3-4-6-16/h9-11,15-16H,3-8,12H2,1-2H3,(H,23,27). The molecule has 0 spiro atoms. The van der Waals surface area contributed by atoms with Crippen molar-refractivity contribution in [3.63, 3.8) is 0 Å². The molecule has 1 atom stereocenters. The first-order valence-electron chi connectivity index (χ1n) is 10.1. The molecule has 6 nitrogen and oxygen atoms in total. The Bertz CT molecular complexity index is 988. The molecule has 1 aliphatic heterocycles. The topological polar surface area (TPSA) is 79.6 Å². The highest BCUT2D eigenvalue weighted by molar-refractivity contribution is 5.97. The van der Waals surface area contributed by atoms with E-state index in [1.54, 1.807) is 6.07 Å². The maximum atomic E-state index is 12.9. The van der Waals surface area contributed by atoms with Crippen molar-refractivity contribution in [3.05, 3.63) is 39.7 Å². The van der Waals surface area contributed by atoms with E-state index in [9.17, 15) is 14.4 Å². The molecule has 1 aliphatic carbocycles. The summed E-state index contributed by atoms with van der Waals surface area (Å²) in [4.78, 5) is 38.8. The number of amides is 2. The Hall–Kier alpha value is -2.63. The van der Waals surface area contributed by atoms with Crippen LogP contribution in [-0.2, 0) is 9.59 Å². The predicted molar refractivity (Wildman–Crippen MR) is 107 cm³/mol. The average molecular weight is 382 g/mol. The molecule has 2 aromatic rings.